The van der Waals surface area contributed by atoms with Crippen LogP contribution in [0.2, 0.25) is 0 Å². The average Bonchev–Trinajstić information content (AvgIpc) is 2.38. The monoisotopic (exact) mass is 343 g/mol. The van der Waals surface area contributed by atoms with Crippen LogP contribution in [0, 0.1) is 16.0 Å². The van der Waals surface area contributed by atoms with E-state index in [-0.39, 0.29) is 24.1 Å². The van der Waals surface area contributed by atoms with Crippen LogP contribution in [0.15, 0.2) is 16.7 Å². The quantitative estimate of drug-likeness (QED) is 0.641. The first-order chi connectivity index (χ1) is 9.47. The van der Waals surface area contributed by atoms with E-state index < -0.39 is 10.9 Å². The van der Waals surface area contributed by atoms with E-state index in [1.165, 1.54) is 12.3 Å². The largest absolute Gasteiger partial charge is 0.481 e. The van der Waals surface area contributed by atoms with Gasteiger partial charge >= 0.3 is 5.97 Å². The van der Waals surface area contributed by atoms with E-state index >= 15 is 0 Å². The van der Waals surface area contributed by atoms with E-state index in [4.69, 9.17) is 5.11 Å². The summed E-state index contributed by atoms with van der Waals surface area (Å²) in [6.45, 7) is 0.636. The highest BCUT2D eigenvalue weighted by Crippen LogP contribution is 2.33. The van der Waals surface area contributed by atoms with E-state index in [0.717, 1.165) is 6.42 Å². The summed E-state index contributed by atoms with van der Waals surface area (Å²) in [4.78, 5) is 25.6. The normalized spacial score (nSPS) is 22.4. The van der Waals surface area contributed by atoms with E-state index in [1.807, 2.05) is 0 Å². The second-order valence-corrected chi connectivity index (χ2v) is 5.73. The molecular weight excluding hydrogens is 330 g/mol. The Morgan fingerprint density at radius 3 is 3.05 bits per heavy atom. The lowest BCUT2D eigenvalue weighted by molar-refractivity contribution is -0.386. The molecule has 0 spiro atoms. The lowest BCUT2D eigenvalue weighted by Gasteiger charge is -2.28. The number of aliphatic carboxylic acids is 1. The molecule has 7 nitrogen and oxygen atoms in total. The van der Waals surface area contributed by atoms with Crippen molar-refractivity contribution >= 4 is 27.6 Å². The Morgan fingerprint density at radius 1 is 1.65 bits per heavy atom. The van der Waals surface area contributed by atoms with Gasteiger partial charge in [0.2, 0.25) is 0 Å². The van der Waals surface area contributed by atoms with Crippen molar-refractivity contribution in [2.24, 2.45) is 5.92 Å². The number of nitrogens with zero attached hydrogens (tertiary/aromatic N) is 2. The fourth-order valence-electron chi connectivity index (χ4n) is 2.49. The van der Waals surface area contributed by atoms with Crippen LogP contribution in [0.5, 0.6) is 0 Å². The number of hydrogen-bond donors (Lipinski definition) is 2. The van der Waals surface area contributed by atoms with Crippen molar-refractivity contribution in [1.82, 2.24) is 10.3 Å². The summed E-state index contributed by atoms with van der Waals surface area (Å²) in [6, 6.07) is 1.15. The molecule has 2 unspecified atom stereocenters. The number of piperidine rings is 1. The number of aromatic nitrogens is 1. The Morgan fingerprint density at radius 2 is 2.40 bits per heavy atom. The standard InChI is InChI=1S/C12H14BrN3O4/c13-8-5-10(16(19)20)12(15-6-8)9-3-7(1-2-14-9)4-11(17)18/h5-7,9,14H,1-4H2,(H,17,18). The predicted molar refractivity (Wildman–Crippen MR) is 74.3 cm³/mol. The Kier molecular flexibility index (Phi) is 4.66. The minimum atomic E-state index is -0.839. The van der Waals surface area contributed by atoms with Gasteiger partial charge in [-0.25, -0.2) is 0 Å². The third-order valence-corrected chi connectivity index (χ3v) is 3.80. The molecule has 1 aromatic rings. The van der Waals surface area contributed by atoms with Crippen LogP contribution in [0.25, 0.3) is 0 Å². The summed E-state index contributed by atoms with van der Waals surface area (Å²) in [6.07, 6.45) is 2.90. The third kappa shape index (κ3) is 3.51. The molecule has 2 N–H and O–H groups in total. The van der Waals surface area contributed by atoms with Crippen LogP contribution in [-0.4, -0.2) is 27.5 Å². The Balaban J connectivity index is 2.22. The number of nitrogens with one attached hydrogen (secondary N) is 1. The molecule has 1 saturated heterocycles. The molecular formula is C12H14BrN3O4. The van der Waals surface area contributed by atoms with Crippen molar-refractivity contribution < 1.29 is 14.8 Å². The molecule has 8 heteroatoms. The zero-order chi connectivity index (χ0) is 14.7. The van der Waals surface area contributed by atoms with Gasteiger partial charge in [0.15, 0.2) is 0 Å². The SMILES string of the molecule is O=C(O)CC1CCNC(c2ncc(Br)cc2[N+](=O)[O-])C1. The summed E-state index contributed by atoms with van der Waals surface area (Å²) in [5, 5.41) is 23.1. The molecule has 2 rings (SSSR count). The highest BCUT2D eigenvalue weighted by atomic mass is 79.9. The van der Waals surface area contributed by atoms with E-state index in [1.54, 1.807) is 0 Å². The molecule has 2 heterocycles. The van der Waals surface area contributed by atoms with Gasteiger partial charge in [0.25, 0.3) is 5.69 Å². The molecule has 1 aromatic heterocycles. The number of pyridine rings is 1. The molecule has 0 aromatic carbocycles. The summed E-state index contributed by atoms with van der Waals surface area (Å²) in [7, 11) is 0. The van der Waals surface area contributed by atoms with Gasteiger partial charge in [-0.2, -0.15) is 0 Å². The van der Waals surface area contributed by atoms with Crippen LogP contribution in [0.1, 0.15) is 31.0 Å². The molecule has 0 aliphatic carbocycles. The average molecular weight is 344 g/mol. The first kappa shape index (κ1) is 14.9. The molecule has 0 amide bonds. The molecule has 0 radical (unpaired) electrons. The lowest BCUT2D eigenvalue weighted by Crippen LogP contribution is -2.33. The zero-order valence-corrected chi connectivity index (χ0v) is 12.2. The van der Waals surface area contributed by atoms with Crippen LogP contribution in [-0.2, 0) is 4.79 Å². The van der Waals surface area contributed by atoms with Gasteiger partial charge in [-0.05, 0) is 41.2 Å². The second-order valence-electron chi connectivity index (χ2n) is 4.81. The Bertz CT molecular complexity index is 537. The summed E-state index contributed by atoms with van der Waals surface area (Å²) >= 11 is 3.17. The first-order valence-electron chi connectivity index (χ1n) is 6.22. The van der Waals surface area contributed by atoms with Crippen molar-refractivity contribution in [3.8, 4) is 0 Å². The van der Waals surface area contributed by atoms with Crippen molar-refractivity contribution in [3.63, 3.8) is 0 Å². The molecule has 1 aliphatic rings. The minimum absolute atomic E-state index is 0.0174. The molecule has 108 valence electrons. The highest BCUT2D eigenvalue weighted by Gasteiger charge is 2.30. The van der Waals surface area contributed by atoms with Crippen LogP contribution in [0.3, 0.4) is 0 Å². The summed E-state index contributed by atoms with van der Waals surface area (Å²) in [5.74, 6) is -0.822. The number of carbonyl (C=O) groups is 1. The fourth-order valence-corrected chi connectivity index (χ4v) is 2.81. The predicted octanol–water partition coefficient (Wildman–Crippen LogP) is 2.27. The van der Waals surface area contributed by atoms with Gasteiger partial charge < -0.3 is 10.4 Å². The minimum Gasteiger partial charge on any atom is -0.481 e. The molecule has 20 heavy (non-hydrogen) atoms. The number of nitro groups is 1. The number of rotatable bonds is 4. The number of carboxylic acid groups (broad SMARTS) is 1. The van der Waals surface area contributed by atoms with Gasteiger partial charge in [0.1, 0.15) is 5.69 Å². The van der Waals surface area contributed by atoms with E-state index in [9.17, 15) is 14.9 Å². The third-order valence-electron chi connectivity index (χ3n) is 3.37. The summed E-state index contributed by atoms with van der Waals surface area (Å²) in [5.41, 5.74) is 0.320. The van der Waals surface area contributed by atoms with Gasteiger partial charge in [-0.3, -0.25) is 19.9 Å². The number of carboxylic acids is 1. The van der Waals surface area contributed by atoms with Gasteiger partial charge in [-0.1, -0.05) is 0 Å². The molecule has 0 saturated carbocycles. The van der Waals surface area contributed by atoms with Crippen molar-refractivity contribution in [1.29, 1.82) is 0 Å². The van der Waals surface area contributed by atoms with Crippen molar-refractivity contribution in [2.45, 2.75) is 25.3 Å². The fraction of sp³-hybridized carbons (Fsp3) is 0.500. The smallest absolute Gasteiger partial charge is 0.303 e. The Hall–Kier alpha value is -1.54. The number of hydrogen-bond acceptors (Lipinski definition) is 5. The molecule has 0 bridgehead atoms. The van der Waals surface area contributed by atoms with Gasteiger partial charge in [-0.15, -0.1) is 0 Å². The first-order valence-corrected chi connectivity index (χ1v) is 7.01. The van der Waals surface area contributed by atoms with Crippen LogP contribution < -0.4 is 5.32 Å². The molecule has 2 atom stereocenters. The molecule has 1 fully saturated rings. The van der Waals surface area contributed by atoms with E-state index in [2.05, 4.69) is 26.2 Å². The maximum atomic E-state index is 11.1. The lowest BCUT2D eigenvalue weighted by atomic mass is 9.88. The van der Waals surface area contributed by atoms with Crippen molar-refractivity contribution in [2.75, 3.05) is 6.54 Å². The molecule has 1 aliphatic heterocycles. The van der Waals surface area contributed by atoms with Gasteiger partial charge in [0, 0.05) is 23.2 Å². The van der Waals surface area contributed by atoms with Crippen molar-refractivity contribution in [3.05, 3.63) is 32.5 Å². The topological polar surface area (TPSA) is 105 Å². The zero-order valence-electron chi connectivity index (χ0n) is 10.6. The van der Waals surface area contributed by atoms with Gasteiger partial charge in [0.05, 0.1) is 11.0 Å². The highest BCUT2D eigenvalue weighted by molar-refractivity contribution is 9.10. The number of halogens is 1. The Labute approximate surface area is 123 Å². The maximum absolute atomic E-state index is 11.1. The van der Waals surface area contributed by atoms with Crippen LogP contribution >= 0.6 is 15.9 Å². The second kappa shape index (κ2) is 6.27. The van der Waals surface area contributed by atoms with E-state index in [0.29, 0.717) is 23.1 Å². The van der Waals surface area contributed by atoms with Crippen LogP contribution in [0.4, 0.5) is 5.69 Å². The maximum Gasteiger partial charge on any atom is 0.303 e. The summed E-state index contributed by atoms with van der Waals surface area (Å²) < 4.78 is 0.547.